The average molecular weight is 361 g/mol. The minimum atomic E-state index is -0.768. The number of aliphatic hydroxyl groups is 1. The van der Waals surface area contributed by atoms with Gasteiger partial charge in [-0.3, -0.25) is 4.98 Å². The van der Waals surface area contributed by atoms with Gasteiger partial charge in [0.05, 0.1) is 16.7 Å². The topological polar surface area (TPSA) is 46.0 Å². The summed E-state index contributed by atoms with van der Waals surface area (Å²) in [5, 5.41) is 13.4. The Morgan fingerprint density at radius 3 is 2.04 bits per heavy atom. The first-order chi connectivity index (χ1) is 13.2. The number of aromatic nitrogens is 2. The van der Waals surface area contributed by atoms with Crippen LogP contribution in [0, 0.1) is 0 Å². The van der Waals surface area contributed by atoms with Crippen molar-refractivity contribution in [2.45, 2.75) is 75.7 Å². The van der Waals surface area contributed by atoms with Gasteiger partial charge in [-0.2, -0.15) is 0 Å². The van der Waals surface area contributed by atoms with E-state index in [2.05, 4.69) is 30.3 Å². The summed E-state index contributed by atoms with van der Waals surface area (Å²) >= 11 is 0. The Kier molecular flexibility index (Phi) is 4.35. The Bertz CT molecular complexity index is 969. The third-order valence-electron chi connectivity index (χ3n) is 6.72. The quantitative estimate of drug-likeness (QED) is 0.572. The fraction of sp³-hybridized carbons (Fsp3) is 0.500. The van der Waals surface area contributed by atoms with Crippen LogP contribution in [0.5, 0.6) is 0 Å². The van der Waals surface area contributed by atoms with E-state index in [1.54, 1.807) is 0 Å². The molecule has 3 aromatic rings. The smallest absolute Gasteiger partial charge is 0.107 e. The number of nitrogens with zero attached hydrogens (tertiary/aromatic N) is 2. The first-order valence-corrected chi connectivity index (χ1v) is 10.7. The van der Waals surface area contributed by atoms with Gasteiger partial charge in [-0.1, -0.05) is 62.8 Å². The molecule has 2 aliphatic rings. The van der Waals surface area contributed by atoms with Gasteiger partial charge in [-0.05, 0) is 37.8 Å². The Labute approximate surface area is 160 Å². The highest BCUT2D eigenvalue weighted by Crippen LogP contribution is 2.38. The van der Waals surface area contributed by atoms with Crippen molar-refractivity contribution in [2.24, 2.45) is 0 Å². The van der Waals surface area contributed by atoms with E-state index >= 15 is 0 Å². The predicted octanol–water partition coefficient (Wildman–Crippen LogP) is 5.98. The van der Waals surface area contributed by atoms with Gasteiger partial charge >= 0.3 is 0 Å². The molecule has 1 aromatic carbocycles. The van der Waals surface area contributed by atoms with Crippen molar-refractivity contribution in [3.63, 3.8) is 0 Å². The van der Waals surface area contributed by atoms with Crippen LogP contribution in [0.25, 0.3) is 21.8 Å². The van der Waals surface area contributed by atoms with E-state index in [4.69, 9.17) is 9.97 Å². The molecule has 5 rings (SSSR count). The lowest BCUT2D eigenvalue weighted by molar-refractivity contribution is -0.00433. The van der Waals surface area contributed by atoms with Crippen LogP contribution in [0.4, 0.5) is 0 Å². The summed E-state index contributed by atoms with van der Waals surface area (Å²) in [5.41, 5.74) is 3.22. The van der Waals surface area contributed by atoms with Gasteiger partial charge in [-0.25, -0.2) is 4.98 Å². The molecule has 2 aromatic heterocycles. The standard InChI is InChI=1S/C24H28N2O/c27-24(15-5-2-6-16-24)21-14-12-19-10-9-18-11-13-20(17-7-3-1-4-8-17)25-22(18)23(19)26-21/h9-14,17,27H,1-8,15-16H2. The van der Waals surface area contributed by atoms with E-state index < -0.39 is 5.60 Å². The minimum Gasteiger partial charge on any atom is -0.384 e. The normalized spacial score (nSPS) is 20.9. The molecule has 0 bridgehead atoms. The van der Waals surface area contributed by atoms with Gasteiger partial charge < -0.3 is 5.11 Å². The van der Waals surface area contributed by atoms with Crippen LogP contribution in [0.15, 0.2) is 36.4 Å². The maximum absolute atomic E-state index is 11.1. The lowest BCUT2D eigenvalue weighted by Gasteiger charge is -2.31. The van der Waals surface area contributed by atoms with Crippen LogP contribution >= 0.6 is 0 Å². The first-order valence-electron chi connectivity index (χ1n) is 10.7. The molecule has 0 atom stereocenters. The van der Waals surface area contributed by atoms with Crippen molar-refractivity contribution in [2.75, 3.05) is 0 Å². The number of rotatable bonds is 2. The molecule has 0 unspecified atom stereocenters. The van der Waals surface area contributed by atoms with E-state index in [-0.39, 0.29) is 0 Å². The van der Waals surface area contributed by atoms with Crippen molar-refractivity contribution in [3.05, 3.63) is 47.8 Å². The number of pyridine rings is 2. The summed E-state index contributed by atoms with van der Waals surface area (Å²) in [4.78, 5) is 10.1. The molecule has 0 spiro atoms. The van der Waals surface area contributed by atoms with Crippen molar-refractivity contribution in [1.82, 2.24) is 9.97 Å². The Balaban J connectivity index is 1.64. The van der Waals surface area contributed by atoms with E-state index in [1.165, 1.54) is 44.2 Å². The second-order valence-electron chi connectivity index (χ2n) is 8.57. The zero-order valence-electron chi connectivity index (χ0n) is 16.0. The highest BCUT2D eigenvalue weighted by Gasteiger charge is 2.32. The molecule has 2 saturated carbocycles. The molecule has 0 aliphatic heterocycles. The molecule has 2 fully saturated rings. The van der Waals surface area contributed by atoms with Gasteiger partial charge in [0.2, 0.25) is 0 Å². The summed E-state index contributed by atoms with van der Waals surface area (Å²) in [6, 6.07) is 12.8. The van der Waals surface area contributed by atoms with Crippen LogP contribution in [0.3, 0.4) is 0 Å². The van der Waals surface area contributed by atoms with Crippen LogP contribution in [0.2, 0.25) is 0 Å². The molecule has 27 heavy (non-hydrogen) atoms. The van der Waals surface area contributed by atoms with Crippen molar-refractivity contribution >= 4 is 21.8 Å². The number of fused-ring (bicyclic) bond motifs is 3. The molecule has 3 heteroatoms. The van der Waals surface area contributed by atoms with Crippen molar-refractivity contribution in [3.8, 4) is 0 Å². The highest BCUT2D eigenvalue weighted by molar-refractivity contribution is 6.02. The van der Waals surface area contributed by atoms with Gasteiger partial charge in [-0.15, -0.1) is 0 Å². The monoisotopic (exact) mass is 360 g/mol. The molecule has 140 valence electrons. The van der Waals surface area contributed by atoms with Gasteiger partial charge in [0.1, 0.15) is 5.60 Å². The predicted molar refractivity (Wildman–Crippen MR) is 110 cm³/mol. The SMILES string of the molecule is OC1(c2ccc3ccc4ccc(C5CCCCC5)nc4c3n2)CCCCC1. The molecular formula is C24H28N2O. The number of benzene rings is 1. The molecule has 0 amide bonds. The summed E-state index contributed by atoms with van der Waals surface area (Å²) < 4.78 is 0. The minimum absolute atomic E-state index is 0.587. The van der Waals surface area contributed by atoms with Crippen LogP contribution < -0.4 is 0 Å². The molecule has 2 aliphatic carbocycles. The van der Waals surface area contributed by atoms with Crippen molar-refractivity contribution in [1.29, 1.82) is 0 Å². The molecule has 0 radical (unpaired) electrons. The van der Waals surface area contributed by atoms with Gasteiger partial charge in [0.15, 0.2) is 0 Å². The van der Waals surface area contributed by atoms with E-state index in [0.717, 1.165) is 53.2 Å². The van der Waals surface area contributed by atoms with Gasteiger partial charge in [0, 0.05) is 22.4 Å². The maximum atomic E-state index is 11.1. The lowest BCUT2D eigenvalue weighted by atomic mass is 9.82. The van der Waals surface area contributed by atoms with Gasteiger partial charge in [0.25, 0.3) is 0 Å². The largest absolute Gasteiger partial charge is 0.384 e. The maximum Gasteiger partial charge on any atom is 0.107 e. The zero-order valence-corrected chi connectivity index (χ0v) is 16.0. The lowest BCUT2D eigenvalue weighted by Crippen LogP contribution is -2.29. The fourth-order valence-corrected chi connectivity index (χ4v) is 5.06. The Hall–Kier alpha value is -2.00. The van der Waals surface area contributed by atoms with E-state index in [0.29, 0.717) is 5.92 Å². The second-order valence-corrected chi connectivity index (χ2v) is 8.57. The summed E-state index contributed by atoms with van der Waals surface area (Å²) in [7, 11) is 0. The zero-order chi connectivity index (χ0) is 18.3. The third kappa shape index (κ3) is 3.12. The molecular weight excluding hydrogens is 332 g/mol. The Morgan fingerprint density at radius 2 is 1.30 bits per heavy atom. The highest BCUT2D eigenvalue weighted by atomic mass is 16.3. The van der Waals surface area contributed by atoms with Crippen LogP contribution in [0.1, 0.15) is 81.5 Å². The molecule has 3 nitrogen and oxygen atoms in total. The number of hydrogen-bond donors (Lipinski definition) is 1. The van der Waals surface area contributed by atoms with Crippen molar-refractivity contribution < 1.29 is 5.11 Å². The van der Waals surface area contributed by atoms with Crippen LogP contribution in [-0.4, -0.2) is 15.1 Å². The Morgan fingerprint density at radius 1 is 0.704 bits per heavy atom. The summed E-state index contributed by atoms with van der Waals surface area (Å²) in [6.45, 7) is 0. The third-order valence-corrected chi connectivity index (χ3v) is 6.72. The van der Waals surface area contributed by atoms with E-state index in [9.17, 15) is 5.11 Å². The molecule has 1 N–H and O–H groups in total. The second kappa shape index (κ2) is 6.87. The average Bonchev–Trinajstić information content (AvgIpc) is 2.74. The number of hydrogen-bond acceptors (Lipinski definition) is 3. The van der Waals surface area contributed by atoms with Crippen LogP contribution in [-0.2, 0) is 5.60 Å². The van der Waals surface area contributed by atoms with E-state index in [1.807, 2.05) is 6.07 Å². The fourth-order valence-electron chi connectivity index (χ4n) is 5.06. The summed E-state index contributed by atoms with van der Waals surface area (Å²) in [6.07, 6.45) is 11.5. The first kappa shape index (κ1) is 17.1. The molecule has 2 heterocycles. The summed E-state index contributed by atoms with van der Waals surface area (Å²) in [5.74, 6) is 0.587. The molecule has 0 saturated heterocycles.